The van der Waals surface area contributed by atoms with Gasteiger partial charge in [0, 0.05) is 22.0 Å². The zero-order valence-corrected chi connectivity index (χ0v) is 11.6. The number of aliphatic hydroxyl groups excluding tert-OH is 1. The minimum absolute atomic E-state index is 0.138. The fraction of sp³-hybridized carbons (Fsp3) is 0.636. The molecular weight excluding hydrogens is 276 g/mol. The van der Waals surface area contributed by atoms with Crippen LogP contribution in [0.1, 0.15) is 32.4 Å². The van der Waals surface area contributed by atoms with Gasteiger partial charge in [0.25, 0.3) is 0 Å². The summed E-state index contributed by atoms with van der Waals surface area (Å²) < 4.78 is 6.54. The molecule has 1 heterocycles. The SMILES string of the molecule is CCOC(C(C)C)C(O)c1cscc1Br. The highest BCUT2D eigenvalue weighted by molar-refractivity contribution is 9.10. The molecule has 4 heteroatoms. The molecule has 0 aromatic carbocycles. The Balaban J connectivity index is 2.80. The van der Waals surface area contributed by atoms with Crippen molar-refractivity contribution in [2.45, 2.75) is 33.0 Å². The van der Waals surface area contributed by atoms with Crippen LogP contribution in [0.5, 0.6) is 0 Å². The number of aliphatic hydroxyl groups is 1. The molecule has 2 nitrogen and oxygen atoms in total. The molecule has 0 aliphatic carbocycles. The number of thiophene rings is 1. The van der Waals surface area contributed by atoms with Gasteiger partial charge in [0.05, 0.1) is 6.10 Å². The van der Waals surface area contributed by atoms with Gasteiger partial charge >= 0.3 is 0 Å². The molecule has 0 amide bonds. The topological polar surface area (TPSA) is 29.5 Å². The molecule has 0 saturated heterocycles. The van der Waals surface area contributed by atoms with Crippen molar-refractivity contribution in [2.75, 3.05) is 6.61 Å². The lowest BCUT2D eigenvalue weighted by Gasteiger charge is -2.26. The lowest BCUT2D eigenvalue weighted by atomic mass is 9.98. The standard InChI is InChI=1S/C11H17BrO2S/c1-4-14-11(7(2)3)10(13)8-5-15-6-9(8)12/h5-7,10-11,13H,4H2,1-3H3. The van der Waals surface area contributed by atoms with E-state index in [1.165, 1.54) is 0 Å². The number of rotatable bonds is 5. The Morgan fingerprint density at radius 2 is 2.13 bits per heavy atom. The second-order valence-corrected chi connectivity index (χ2v) is 5.38. The van der Waals surface area contributed by atoms with Gasteiger partial charge in [-0.05, 0) is 34.2 Å². The van der Waals surface area contributed by atoms with E-state index in [0.29, 0.717) is 12.5 Å². The number of halogens is 1. The summed E-state index contributed by atoms with van der Waals surface area (Å²) in [6.45, 7) is 6.69. The quantitative estimate of drug-likeness (QED) is 0.898. The van der Waals surface area contributed by atoms with E-state index in [0.717, 1.165) is 10.0 Å². The van der Waals surface area contributed by atoms with Crippen molar-refractivity contribution in [1.29, 1.82) is 0 Å². The summed E-state index contributed by atoms with van der Waals surface area (Å²) in [6.07, 6.45) is -0.688. The molecule has 0 saturated carbocycles. The first-order chi connectivity index (χ1) is 7.07. The Hall–Kier alpha value is 0.100. The van der Waals surface area contributed by atoms with Crippen LogP contribution >= 0.6 is 27.3 Å². The minimum Gasteiger partial charge on any atom is -0.386 e. The van der Waals surface area contributed by atoms with E-state index in [1.807, 2.05) is 17.7 Å². The van der Waals surface area contributed by atoms with Gasteiger partial charge in [-0.2, -0.15) is 11.3 Å². The van der Waals surface area contributed by atoms with Gasteiger partial charge in [-0.15, -0.1) is 0 Å². The molecular formula is C11H17BrO2S. The summed E-state index contributed by atoms with van der Waals surface area (Å²) in [4.78, 5) is 0. The molecule has 1 rings (SSSR count). The van der Waals surface area contributed by atoms with E-state index in [9.17, 15) is 5.11 Å². The summed E-state index contributed by atoms with van der Waals surface area (Å²) in [5, 5.41) is 14.1. The Labute approximate surface area is 103 Å². The molecule has 0 fully saturated rings. The average molecular weight is 293 g/mol. The Morgan fingerprint density at radius 3 is 2.53 bits per heavy atom. The molecule has 1 N–H and O–H groups in total. The van der Waals surface area contributed by atoms with Crippen LogP contribution in [-0.4, -0.2) is 17.8 Å². The van der Waals surface area contributed by atoms with Crippen LogP contribution in [0, 0.1) is 5.92 Å². The van der Waals surface area contributed by atoms with Gasteiger partial charge < -0.3 is 9.84 Å². The van der Waals surface area contributed by atoms with E-state index in [2.05, 4.69) is 29.8 Å². The van der Waals surface area contributed by atoms with E-state index >= 15 is 0 Å². The molecule has 0 aliphatic heterocycles. The van der Waals surface area contributed by atoms with Crippen LogP contribution in [-0.2, 0) is 4.74 Å². The molecule has 0 bridgehead atoms. The molecule has 0 radical (unpaired) electrons. The minimum atomic E-state index is -0.550. The number of ether oxygens (including phenoxy) is 1. The van der Waals surface area contributed by atoms with Crippen molar-refractivity contribution >= 4 is 27.3 Å². The Morgan fingerprint density at radius 1 is 1.47 bits per heavy atom. The lowest BCUT2D eigenvalue weighted by Crippen LogP contribution is -2.27. The van der Waals surface area contributed by atoms with E-state index < -0.39 is 6.10 Å². The fourth-order valence-electron chi connectivity index (χ4n) is 1.52. The van der Waals surface area contributed by atoms with Crippen molar-refractivity contribution in [3.8, 4) is 0 Å². The zero-order valence-electron chi connectivity index (χ0n) is 9.24. The van der Waals surface area contributed by atoms with Crippen molar-refractivity contribution in [3.63, 3.8) is 0 Å². The maximum absolute atomic E-state index is 10.2. The molecule has 0 spiro atoms. The van der Waals surface area contributed by atoms with Crippen molar-refractivity contribution in [3.05, 3.63) is 20.8 Å². The summed E-state index contributed by atoms with van der Waals surface area (Å²) in [6, 6.07) is 0. The van der Waals surface area contributed by atoms with Gasteiger partial charge in [0.15, 0.2) is 0 Å². The third kappa shape index (κ3) is 3.28. The van der Waals surface area contributed by atoms with E-state index in [-0.39, 0.29) is 6.10 Å². The number of hydrogen-bond donors (Lipinski definition) is 1. The monoisotopic (exact) mass is 292 g/mol. The molecule has 86 valence electrons. The maximum atomic E-state index is 10.2. The van der Waals surface area contributed by atoms with Crippen LogP contribution in [0.15, 0.2) is 15.2 Å². The van der Waals surface area contributed by atoms with Crippen molar-refractivity contribution in [1.82, 2.24) is 0 Å². The third-order valence-electron chi connectivity index (χ3n) is 2.29. The first-order valence-electron chi connectivity index (χ1n) is 5.09. The summed E-state index contributed by atoms with van der Waals surface area (Å²) >= 11 is 5.01. The predicted molar refractivity (Wildman–Crippen MR) is 67.2 cm³/mol. The lowest BCUT2D eigenvalue weighted by molar-refractivity contribution is -0.0586. The van der Waals surface area contributed by atoms with Crippen LogP contribution in [0.4, 0.5) is 0 Å². The van der Waals surface area contributed by atoms with E-state index in [4.69, 9.17) is 4.74 Å². The fourth-order valence-corrected chi connectivity index (χ4v) is 3.08. The highest BCUT2D eigenvalue weighted by Gasteiger charge is 2.26. The number of hydrogen-bond acceptors (Lipinski definition) is 3. The summed E-state index contributed by atoms with van der Waals surface area (Å²) in [7, 11) is 0. The molecule has 2 atom stereocenters. The Bertz CT molecular complexity index is 299. The second-order valence-electron chi connectivity index (χ2n) is 3.78. The largest absolute Gasteiger partial charge is 0.386 e. The van der Waals surface area contributed by atoms with Crippen molar-refractivity contribution in [2.24, 2.45) is 5.92 Å². The first-order valence-corrected chi connectivity index (χ1v) is 6.82. The molecule has 0 aliphatic rings. The van der Waals surface area contributed by atoms with Crippen LogP contribution in [0.3, 0.4) is 0 Å². The molecule has 15 heavy (non-hydrogen) atoms. The van der Waals surface area contributed by atoms with Crippen LogP contribution in [0.25, 0.3) is 0 Å². The maximum Gasteiger partial charge on any atom is 0.107 e. The average Bonchev–Trinajstić information content (AvgIpc) is 2.59. The summed E-state index contributed by atoms with van der Waals surface area (Å²) in [5.41, 5.74) is 0.923. The van der Waals surface area contributed by atoms with E-state index in [1.54, 1.807) is 11.3 Å². The van der Waals surface area contributed by atoms with Gasteiger partial charge in [-0.1, -0.05) is 13.8 Å². The third-order valence-corrected chi connectivity index (χ3v) is 4.04. The zero-order chi connectivity index (χ0) is 11.4. The smallest absolute Gasteiger partial charge is 0.107 e. The highest BCUT2D eigenvalue weighted by atomic mass is 79.9. The highest BCUT2D eigenvalue weighted by Crippen LogP contribution is 2.32. The van der Waals surface area contributed by atoms with Gasteiger partial charge in [-0.25, -0.2) is 0 Å². The molecule has 1 aromatic heterocycles. The van der Waals surface area contributed by atoms with Crippen LogP contribution in [0.2, 0.25) is 0 Å². The van der Waals surface area contributed by atoms with Crippen molar-refractivity contribution < 1.29 is 9.84 Å². The van der Waals surface area contributed by atoms with Gasteiger partial charge in [-0.3, -0.25) is 0 Å². The summed E-state index contributed by atoms with van der Waals surface area (Å²) in [5.74, 6) is 0.298. The normalized spacial score (nSPS) is 15.6. The first kappa shape index (κ1) is 13.2. The Kier molecular flexibility index (Phi) is 5.26. The molecule has 2 unspecified atom stereocenters. The second kappa shape index (κ2) is 5.99. The molecule has 1 aromatic rings. The van der Waals surface area contributed by atoms with Crippen LogP contribution < -0.4 is 0 Å². The van der Waals surface area contributed by atoms with Gasteiger partial charge in [0.1, 0.15) is 6.10 Å². The predicted octanol–water partition coefficient (Wildman–Crippen LogP) is 3.61. The van der Waals surface area contributed by atoms with Gasteiger partial charge in [0.2, 0.25) is 0 Å².